The summed E-state index contributed by atoms with van der Waals surface area (Å²) in [6.45, 7) is 3.94. The Morgan fingerprint density at radius 3 is 2.11 bits per heavy atom. The molecule has 0 radical (unpaired) electrons. The molecule has 5 N–H and O–H groups in total. The number of aromatic nitrogens is 3. The van der Waals surface area contributed by atoms with Gasteiger partial charge in [0, 0.05) is 11.6 Å². The fraction of sp³-hybridized carbons (Fsp3) is 0.700. The van der Waals surface area contributed by atoms with Crippen molar-refractivity contribution in [3.05, 3.63) is 59.0 Å². The normalized spacial score (nSPS) is 21.7. The van der Waals surface area contributed by atoms with E-state index < -0.39 is 44.4 Å². The molecule has 15 heteroatoms. The van der Waals surface area contributed by atoms with Crippen LogP contribution in [0.5, 0.6) is 0 Å². The molecule has 4 rings (SSSR count). The average Bonchev–Trinajstić information content (AvgIpc) is 3.71. The Hall–Kier alpha value is -2.16. The predicted molar refractivity (Wildman–Crippen MR) is 214 cm³/mol. The van der Waals surface area contributed by atoms with E-state index in [-0.39, 0.29) is 25.6 Å². The van der Waals surface area contributed by atoms with Gasteiger partial charge in [0.2, 0.25) is 0 Å². The standard InChI is InChI=1S/C40H64ClN4O9P/c1-3-4-5-6-7-8-9-10-11-12-13-14-15-16-17-18-25-50-27-33(51-26-31-19-21-32(41)22-20-31)28-52-55(48,49)53-29-35-37(46)38(47)40(2,54-35)36-24-23-34-39(42)43-30-44-45(34)36/h19-24,30,33,35,37-38,46-47H,3-18,25-29H2,1-2H3,(H,48,49)(H2,42,43,44)/t33-,35?,37-,38-,40+/m1/s1. The number of benzene rings is 1. The van der Waals surface area contributed by atoms with Crippen LogP contribution >= 0.6 is 19.4 Å². The zero-order valence-corrected chi connectivity index (χ0v) is 34.4. The van der Waals surface area contributed by atoms with Crippen LogP contribution in [-0.2, 0) is 40.0 Å². The number of halogens is 1. The van der Waals surface area contributed by atoms with Crippen molar-refractivity contribution in [3.8, 4) is 0 Å². The third kappa shape index (κ3) is 14.9. The molecule has 3 heterocycles. The number of ether oxygens (including phenoxy) is 3. The second kappa shape index (κ2) is 23.9. The van der Waals surface area contributed by atoms with Gasteiger partial charge in [0.15, 0.2) is 5.82 Å². The SMILES string of the molecule is CCCCCCCCCCCCCCCCCCOC[C@H](COP(=O)(O)OCC1O[C@@](C)(c2ccc3c(N)ncnn23)[C@H](O)[C@@H]1O)OCc1ccc(Cl)cc1. The fourth-order valence-electron chi connectivity index (χ4n) is 6.94. The summed E-state index contributed by atoms with van der Waals surface area (Å²) in [5.74, 6) is 0.234. The third-order valence-corrected chi connectivity index (χ3v) is 11.5. The van der Waals surface area contributed by atoms with Gasteiger partial charge >= 0.3 is 7.82 Å². The van der Waals surface area contributed by atoms with Crippen LogP contribution in [0.15, 0.2) is 42.7 Å². The van der Waals surface area contributed by atoms with E-state index in [2.05, 4.69) is 17.0 Å². The first kappa shape index (κ1) is 45.5. The van der Waals surface area contributed by atoms with E-state index in [9.17, 15) is 19.7 Å². The minimum absolute atomic E-state index is 0.153. The number of rotatable bonds is 29. The molecule has 0 bridgehead atoms. The number of nitrogens with two attached hydrogens (primary N) is 1. The minimum Gasteiger partial charge on any atom is -0.387 e. The summed E-state index contributed by atoms with van der Waals surface area (Å²) in [5.41, 5.74) is 6.29. The van der Waals surface area contributed by atoms with Gasteiger partial charge in [-0.2, -0.15) is 5.10 Å². The highest BCUT2D eigenvalue weighted by atomic mass is 35.5. The summed E-state index contributed by atoms with van der Waals surface area (Å²) in [6.07, 6.45) is 17.3. The lowest BCUT2D eigenvalue weighted by Crippen LogP contribution is -2.39. The van der Waals surface area contributed by atoms with E-state index in [1.807, 2.05) is 12.1 Å². The largest absolute Gasteiger partial charge is 0.472 e. The molecule has 0 saturated carbocycles. The Labute approximate surface area is 331 Å². The fourth-order valence-corrected chi connectivity index (χ4v) is 7.83. The Morgan fingerprint density at radius 1 is 0.891 bits per heavy atom. The van der Waals surface area contributed by atoms with E-state index >= 15 is 0 Å². The first-order valence-corrected chi connectivity index (χ1v) is 22.1. The van der Waals surface area contributed by atoms with Gasteiger partial charge in [-0.25, -0.2) is 14.1 Å². The van der Waals surface area contributed by atoms with E-state index in [0.29, 0.717) is 22.8 Å². The second-order valence-electron chi connectivity index (χ2n) is 14.9. The molecule has 1 saturated heterocycles. The molecular formula is C40H64ClN4O9P. The van der Waals surface area contributed by atoms with Crippen molar-refractivity contribution in [1.82, 2.24) is 14.6 Å². The maximum atomic E-state index is 13.0. The Bertz CT molecular complexity index is 1570. The maximum absolute atomic E-state index is 13.0. The molecule has 0 spiro atoms. The highest BCUT2D eigenvalue weighted by Crippen LogP contribution is 2.46. The molecular weight excluding hydrogens is 747 g/mol. The van der Waals surface area contributed by atoms with Gasteiger partial charge in [-0.15, -0.1) is 0 Å². The van der Waals surface area contributed by atoms with Crippen molar-refractivity contribution in [2.24, 2.45) is 0 Å². The number of anilines is 1. The van der Waals surface area contributed by atoms with E-state index in [0.717, 1.165) is 18.4 Å². The second-order valence-corrected chi connectivity index (χ2v) is 16.7. The lowest BCUT2D eigenvalue weighted by molar-refractivity contribution is -0.0901. The quantitative estimate of drug-likeness (QED) is 0.0390. The van der Waals surface area contributed by atoms with Crippen LogP contribution in [0.25, 0.3) is 5.52 Å². The van der Waals surface area contributed by atoms with E-state index in [1.165, 1.54) is 101 Å². The topological polar surface area (TPSA) is 180 Å². The summed E-state index contributed by atoms with van der Waals surface area (Å²) in [7, 11) is -4.64. The molecule has 2 unspecified atom stereocenters. The van der Waals surface area contributed by atoms with Crippen molar-refractivity contribution in [2.75, 3.05) is 32.2 Å². The first-order valence-electron chi connectivity index (χ1n) is 20.2. The highest BCUT2D eigenvalue weighted by molar-refractivity contribution is 7.47. The third-order valence-electron chi connectivity index (χ3n) is 10.3. The van der Waals surface area contributed by atoms with Gasteiger partial charge < -0.3 is 35.1 Å². The van der Waals surface area contributed by atoms with Crippen LogP contribution in [-0.4, -0.2) is 80.5 Å². The number of hydrogen-bond donors (Lipinski definition) is 4. The van der Waals surface area contributed by atoms with Crippen LogP contribution in [0.3, 0.4) is 0 Å². The number of unbranched alkanes of at least 4 members (excludes halogenated alkanes) is 15. The average molecular weight is 811 g/mol. The lowest BCUT2D eigenvalue weighted by Gasteiger charge is -2.27. The Kier molecular flexibility index (Phi) is 19.8. The molecule has 1 aliphatic rings. The number of aliphatic hydroxyl groups is 2. The molecule has 1 aromatic carbocycles. The number of nitrogens with zero attached hydrogens (tertiary/aromatic N) is 3. The van der Waals surface area contributed by atoms with Crippen LogP contribution < -0.4 is 5.73 Å². The van der Waals surface area contributed by atoms with Crippen LogP contribution in [0.4, 0.5) is 5.82 Å². The Balaban J connectivity index is 1.15. The van der Waals surface area contributed by atoms with E-state index in [4.69, 9.17) is 40.6 Å². The van der Waals surface area contributed by atoms with E-state index in [1.54, 1.807) is 31.2 Å². The number of phosphoric ester groups is 1. The molecule has 55 heavy (non-hydrogen) atoms. The molecule has 13 nitrogen and oxygen atoms in total. The molecule has 310 valence electrons. The van der Waals surface area contributed by atoms with Crippen LogP contribution in [0.1, 0.15) is 128 Å². The predicted octanol–water partition coefficient (Wildman–Crippen LogP) is 8.30. The smallest absolute Gasteiger partial charge is 0.387 e. The molecule has 1 fully saturated rings. The number of aliphatic hydroxyl groups excluding tert-OH is 2. The van der Waals surface area contributed by atoms with Crippen LogP contribution in [0, 0.1) is 0 Å². The van der Waals surface area contributed by atoms with Crippen molar-refractivity contribution in [3.63, 3.8) is 0 Å². The number of phosphoric acid groups is 1. The van der Waals surface area contributed by atoms with Gasteiger partial charge in [0.1, 0.15) is 41.9 Å². The molecule has 0 amide bonds. The van der Waals surface area contributed by atoms with Gasteiger partial charge in [0.25, 0.3) is 0 Å². The summed E-state index contributed by atoms with van der Waals surface area (Å²) in [4.78, 5) is 14.5. The van der Waals surface area contributed by atoms with Gasteiger partial charge in [-0.05, 0) is 43.2 Å². The lowest BCUT2D eigenvalue weighted by atomic mass is 9.93. The first-order chi connectivity index (χ1) is 26.5. The molecule has 6 atom stereocenters. The molecule has 3 aromatic rings. The minimum atomic E-state index is -4.64. The summed E-state index contributed by atoms with van der Waals surface area (Å²) >= 11 is 6.02. The highest BCUT2D eigenvalue weighted by Gasteiger charge is 2.54. The number of hydrogen-bond acceptors (Lipinski definition) is 11. The number of fused-ring (bicyclic) bond motifs is 1. The summed E-state index contributed by atoms with van der Waals surface area (Å²) in [5, 5.41) is 26.6. The van der Waals surface area contributed by atoms with Crippen molar-refractivity contribution >= 4 is 30.8 Å². The van der Waals surface area contributed by atoms with Crippen molar-refractivity contribution in [1.29, 1.82) is 0 Å². The summed E-state index contributed by atoms with van der Waals surface area (Å²) < 4.78 is 43.0. The number of nitrogen functional groups attached to an aromatic ring is 1. The van der Waals surface area contributed by atoms with Gasteiger partial charge in [0.05, 0.1) is 32.1 Å². The molecule has 2 aromatic heterocycles. The summed E-state index contributed by atoms with van der Waals surface area (Å²) in [6, 6.07) is 10.5. The zero-order valence-electron chi connectivity index (χ0n) is 32.7. The van der Waals surface area contributed by atoms with Crippen molar-refractivity contribution < 1.29 is 42.9 Å². The molecule has 1 aliphatic heterocycles. The van der Waals surface area contributed by atoms with Gasteiger partial charge in [-0.3, -0.25) is 9.05 Å². The van der Waals surface area contributed by atoms with Crippen LogP contribution in [0.2, 0.25) is 5.02 Å². The molecule has 0 aliphatic carbocycles. The maximum Gasteiger partial charge on any atom is 0.472 e. The monoisotopic (exact) mass is 810 g/mol. The van der Waals surface area contributed by atoms with Crippen molar-refractivity contribution in [2.45, 2.75) is 153 Å². The Morgan fingerprint density at radius 2 is 1.49 bits per heavy atom. The zero-order chi connectivity index (χ0) is 39.5. The van der Waals surface area contributed by atoms with Gasteiger partial charge in [-0.1, -0.05) is 127 Å².